The molecule has 5 heteroatoms. The first-order chi connectivity index (χ1) is 9.01. The quantitative estimate of drug-likeness (QED) is 0.655. The molecule has 0 saturated heterocycles. The van der Waals surface area contributed by atoms with Gasteiger partial charge in [0.15, 0.2) is 0 Å². The van der Waals surface area contributed by atoms with Crippen LogP contribution in [0.4, 0.5) is 11.4 Å². The Morgan fingerprint density at radius 3 is 2.63 bits per heavy atom. The van der Waals surface area contributed by atoms with E-state index in [1.165, 1.54) is 0 Å². The molecule has 1 saturated carbocycles. The summed E-state index contributed by atoms with van der Waals surface area (Å²) in [7, 11) is 0. The van der Waals surface area contributed by atoms with Crippen molar-refractivity contribution in [2.45, 2.75) is 45.8 Å². The van der Waals surface area contributed by atoms with Crippen LogP contribution in [0.3, 0.4) is 0 Å². The fourth-order valence-electron chi connectivity index (χ4n) is 2.47. The Morgan fingerprint density at radius 1 is 1.37 bits per heavy atom. The number of rotatable bonds is 5. The van der Waals surface area contributed by atoms with E-state index in [1.54, 1.807) is 13.0 Å². The Morgan fingerprint density at radius 2 is 2.05 bits per heavy atom. The van der Waals surface area contributed by atoms with E-state index >= 15 is 0 Å². The second-order valence-corrected chi connectivity index (χ2v) is 5.10. The Bertz CT molecular complexity index is 482. The summed E-state index contributed by atoms with van der Waals surface area (Å²) in [6.07, 6.45) is 2.27. The highest BCUT2D eigenvalue weighted by Crippen LogP contribution is 2.31. The van der Waals surface area contributed by atoms with Gasteiger partial charge in [0, 0.05) is 30.0 Å². The highest BCUT2D eigenvalue weighted by molar-refractivity contribution is 5.60. The van der Waals surface area contributed by atoms with Gasteiger partial charge in [-0.3, -0.25) is 10.1 Å². The molecule has 0 aliphatic heterocycles. The largest absolute Gasteiger partial charge is 0.382 e. The predicted molar refractivity (Wildman–Crippen MR) is 74.6 cm³/mol. The van der Waals surface area contributed by atoms with Crippen LogP contribution in [0.15, 0.2) is 12.1 Å². The van der Waals surface area contributed by atoms with Crippen molar-refractivity contribution in [2.24, 2.45) is 0 Å². The van der Waals surface area contributed by atoms with Crippen LogP contribution >= 0.6 is 0 Å². The molecule has 1 aromatic rings. The number of nitrogens with one attached hydrogen (secondary N) is 1. The van der Waals surface area contributed by atoms with Gasteiger partial charge in [-0.05, 0) is 45.2 Å². The maximum absolute atomic E-state index is 10.9. The number of nitro benzene ring substituents is 1. The molecule has 1 aliphatic carbocycles. The Hall–Kier alpha value is -1.62. The number of nitrogens with zero attached hydrogens (tertiary/aromatic N) is 1. The van der Waals surface area contributed by atoms with Crippen molar-refractivity contribution in [1.82, 2.24) is 0 Å². The summed E-state index contributed by atoms with van der Waals surface area (Å²) >= 11 is 0. The van der Waals surface area contributed by atoms with E-state index in [2.05, 4.69) is 5.32 Å². The van der Waals surface area contributed by atoms with Crippen molar-refractivity contribution in [2.75, 3.05) is 11.9 Å². The second-order valence-electron chi connectivity index (χ2n) is 5.10. The lowest BCUT2D eigenvalue weighted by atomic mass is 9.88. The minimum atomic E-state index is -0.330. The van der Waals surface area contributed by atoms with Crippen molar-refractivity contribution >= 4 is 11.4 Å². The maximum Gasteiger partial charge on any atom is 0.274 e. The zero-order valence-corrected chi connectivity index (χ0v) is 11.6. The monoisotopic (exact) mass is 264 g/mol. The molecule has 1 N–H and O–H groups in total. The summed E-state index contributed by atoms with van der Waals surface area (Å²) in [5.41, 5.74) is 2.78. The van der Waals surface area contributed by atoms with Gasteiger partial charge in [0.1, 0.15) is 0 Å². The first-order valence-corrected chi connectivity index (χ1v) is 6.65. The third-order valence-electron chi connectivity index (χ3n) is 3.60. The van der Waals surface area contributed by atoms with Crippen LogP contribution in [0, 0.1) is 24.0 Å². The molecular weight excluding hydrogens is 244 g/mol. The van der Waals surface area contributed by atoms with Gasteiger partial charge in [-0.15, -0.1) is 0 Å². The molecule has 0 aromatic heterocycles. The lowest BCUT2D eigenvalue weighted by Gasteiger charge is -2.36. The molecule has 2 rings (SSSR count). The van der Waals surface area contributed by atoms with Crippen molar-refractivity contribution in [3.63, 3.8) is 0 Å². The van der Waals surface area contributed by atoms with E-state index in [0.29, 0.717) is 17.7 Å². The molecule has 0 atom stereocenters. The van der Waals surface area contributed by atoms with Gasteiger partial charge in [0.2, 0.25) is 0 Å². The van der Waals surface area contributed by atoms with Crippen molar-refractivity contribution < 1.29 is 9.66 Å². The number of hydrogen-bond donors (Lipinski definition) is 1. The number of hydrogen-bond acceptors (Lipinski definition) is 4. The summed E-state index contributed by atoms with van der Waals surface area (Å²) in [6, 6.07) is 3.86. The topological polar surface area (TPSA) is 64.4 Å². The number of benzene rings is 1. The zero-order chi connectivity index (χ0) is 14.0. The van der Waals surface area contributed by atoms with Crippen LogP contribution in [-0.2, 0) is 4.74 Å². The molecule has 0 radical (unpaired) electrons. The van der Waals surface area contributed by atoms with Crippen LogP contribution in [0.1, 0.15) is 30.9 Å². The summed E-state index contributed by atoms with van der Waals surface area (Å²) < 4.78 is 5.51. The SMILES string of the molecule is CCOC1CC(Nc2cc([N+](=O)[O-])c(C)cc2C)C1. The van der Waals surface area contributed by atoms with Gasteiger partial charge >= 0.3 is 0 Å². The molecule has 1 aromatic carbocycles. The molecule has 19 heavy (non-hydrogen) atoms. The Kier molecular flexibility index (Phi) is 4.04. The van der Waals surface area contributed by atoms with E-state index in [4.69, 9.17) is 4.74 Å². The standard InChI is InChI=1S/C14H20N2O3/c1-4-19-12-6-11(7-12)15-13-8-14(16(17)18)10(3)5-9(13)2/h5,8,11-12,15H,4,6-7H2,1-3H3. The van der Waals surface area contributed by atoms with E-state index in [-0.39, 0.29) is 10.6 Å². The number of anilines is 1. The highest BCUT2D eigenvalue weighted by Gasteiger charge is 2.30. The minimum absolute atomic E-state index is 0.175. The molecule has 0 amide bonds. The average Bonchev–Trinajstić information content (AvgIpc) is 2.28. The summed E-state index contributed by atoms with van der Waals surface area (Å²) in [5, 5.41) is 14.3. The minimum Gasteiger partial charge on any atom is -0.382 e. The molecule has 0 unspecified atom stereocenters. The van der Waals surface area contributed by atoms with Crippen LogP contribution < -0.4 is 5.32 Å². The van der Waals surface area contributed by atoms with E-state index in [1.807, 2.05) is 19.9 Å². The van der Waals surface area contributed by atoms with E-state index < -0.39 is 0 Å². The van der Waals surface area contributed by atoms with Gasteiger partial charge in [0.25, 0.3) is 5.69 Å². The lowest BCUT2D eigenvalue weighted by Crippen LogP contribution is -2.40. The van der Waals surface area contributed by atoms with Crippen LogP contribution in [0.2, 0.25) is 0 Å². The molecule has 104 valence electrons. The van der Waals surface area contributed by atoms with Crippen LogP contribution in [-0.4, -0.2) is 23.7 Å². The second kappa shape index (κ2) is 5.57. The summed E-state index contributed by atoms with van der Waals surface area (Å²) in [6.45, 7) is 6.47. The number of nitro groups is 1. The van der Waals surface area contributed by atoms with Crippen molar-refractivity contribution in [1.29, 1.82) is 0 Å². The highest BCUT2D eigenvalue weighted by atomic mass is 16.6. The van der Waals surface area contributed by atoms with Gasteiger partial charge in [0.05, 0.1) is 11.0 Å². The first kappa shape index (κ1) is 13.8. The molecule has 5 nitrogen and oxygen atoms in total. The molecule has 1 aliphatic rings. The Labute approximate surface area is 113 Å². The zero-order valence-electron chi connectivity index (χ0n) is 11.6. The summed E-state index contributed by atoms with van der Waals surface area (Å²) in [4.78, 5) is 10.6. The molecule has 0 bridgehead atoms. The number of aryl methyl sites for hydroxylation is 2. The van der Waals surface area contributed by atoms with Crippen LogP contribution in [0.25, 0.3) is 0 Å². The first-order valence-electron chi connectivity index (χ1n) is 6.65. The normalized spacial score (nSPS) is 21.8. The van der Waals surface area contributed by atoms with Gasteiger partial charge in [-0.1, -0.05) is 0 Å². The maximum atomic E-state index is 10.9. The number of ether oxygens (including phenoxy) is 1. The third-order valence-corrected chi connectivity index (χ3v) is 3.60. The van der Waals surface area contributed by atoms with Crippen LogP contribution in [0.5, 0.6) is 0 Å². The van der Waals surface area contributed by atoms with Crippen molar-refractivity contribution in [3.8, 4) is 0 Å². The fourth-order valence-corrected chi connectivity index (χ4v) is 2.47. The average molecular weight is 264 g/mol. The summed E-state index contributed by atoms with van der Waals surface area (Å²) in [5.74, 6) is 0. The predicted octanol–water partition coefficient (Wildman–Crippen LogP) is 3.19. The Balaban J connectivity index is 2.05. The van der Waals surface area contributed by atoms with E-state index in [0.717, 1.165) is 30.7 Å². The van der Waals surface area contributed by atoms with Gasteiger partial charge in [-0.2, -0.15) is 0 Å². The molecule has 0 heterocycles. The molecule has 0 spiro atoms. The van der Waals surface area contributed by atoms with Gasteiger partial charge < -0.3 is 10.1 Å². The van der Waals surface area contributed by atoms with E-state index in [9.17, 15) is 10.1 Å². The van der Waals surface area contributed by atoms with Crippen molar-refractivity contribution in [3.05, 3.63) is 33.4 Å². The fraction of sp³-hybridized carbons (Fsp3) is 0.571. The smallest absolute Gasteiger partial charge is 0.274 e. The van der Waals surface area contributed by atoms with Gasteiger partial charge in [-0.25, -0.2) is 0 Å². The lowest BCUT2D eigenvalue weighted by molar-refractivity contribution is -0.385. The molecular formula is C14H20N2O3. The third kappa shape index (κ3) is 3.04. The molecule has 1 fully saturated rings.